The molecule has 0 bridgehead atoms. The number of nitrogens with two attached hydrogens (primary N) is 1. The third-order valence-corrected chi connectivity index (χ3v) is 2.31. The molecule has 2 heterocycles. The smallest absolute Gasteiger partial charge is 0.271 e. The lowest BCUT2D eigenvalue weighted by molar-refractivity contribution is 0.0945. The number of carbonyl (C=O) groups is 1. The van der Waals surface area contributed by atoms with Crippen molar-refractivity contribution in [1.82, 2.24) is 29.6 Å². The third kappa shape index (κ3) is 2.92. The summed E-state index contributed by atoms with van der Waals surface area (Å²) in [6, 6.07) is 0. The van der Waals surface area contributed by atoms with Gasteiger partial charge < -0.3 is 15.6 Å². The van der Waals surface area contributed by atoms with Gasteiger partial charge in [0.25, 0.3) is 5.91 Å². The Morgan fingerprint density at radius 2 is 2.28 bits per heavy atom. The highest BCUT2D eigenvalue weighted by atomic mass is 16.1. The lowest BCUT2D eigenvalue weighted by Gasteiger charge is -1.99. The van der Waals surface area contributed by atoms with E-state index in [2.05, 4.69) is 20.4 Å². The number of nitrogens with one attached hydrogen (secondary N) is 1. The Balaban J connectivity index is 1.90. The molecule has 0 aromatic carbocycles. The van der Waals surface area contributed by atoms with Gasteiger partial charge in [-0.25, -0.2) is 9.97 Å². The predicted molar refractivity (Wildman–Crippen MR) is 63.5 cm³/mol. The van der Waals surface area contributed by atoms with Crippen molar-refractivity contribution in [2.75, 3.05) is 6.54 Å². The molecule has 1 amide bonds. The zero-order chi connectivity index (χ0) is 13.0. The van der Waals surface area contributed by atoms with Crippen LogP contribution >= 0.6 is 0 Å². The molecular formula is C10H15N7O. The van der Waals surface area contributed by atoms with Gasteiger partial charge in [-0.3, -0.25) is 9.48 Å². The van der Waals surface area contributed by atoms with E-state index in [4.69, 9.17) is 5.73 Å². The van der Waals surface area contributed by atoms with Crippen LogP contribution in [0.2, 0.25) is 0 Å². The summed E-state index contributed by atoms with van der Waals surface area (Å²) in [7, 11) is 1.77. The van der Waals surface area contributed by atoms with E-state index in [0.29, 0.717) is 24.6 Å². The van der Waals surface area contributed by atoms with E-state index in [9.17, 15) is 4.79 Å². The first-order chi connectivity index (χ1) is 8.69. The van der Waals surface area contributed by atoms with E-state index in [1.807, 2.05) is 0 Å². The quantitative estimate of drug-likeness (QED) is 0.700. The Morgan fingerprint density at radius 1 is 1.44 bits per heavy atom. The van der Waals surface area contributed by atoms with Crippen LogP contribution in [0.4, 0.5) is 0 Å². The van der Waals surface area contributed by atoms with Crippen molar-refractivity contribution in [2.45, 2.75) is 13.1 Å². The second-order valence-corrected chi connectivity index (χ2v) is 3.80. The third-order valence-electron chi connectivity index (χ3n) is 2.31. The zero-order valence-corrected chi connectivity index (χ0v) is 10.1. The summed E-state index contributed by atoms with van der Waals surface area (Å²) in [4.78, 5) is 19.8. The largest absolute Gasteiger partial charge is 0.343 e. The standard InChI is InChI=1S/C10H15N7O/c1-16-6-14-9(15-16)4-12-10(18)8-5-17(3-2-11)7-13-8/h5-7H,2-4,11H2,1H3,(H,12,18). The normalized spacial score (nSPS) is 10.6. The van der Waals surface area contributed by atoms with Gasteiger partial charge in [0.15, 0.2) is 5.82 Å². The predicted octanol–water partition coefficient (Wildman–Crippen LogP) is -1.10. The van der Waals surface area contributed by atoms with E-state index in [1.54, 1.807) is 35.1 Å². The fraction of sp³-hybridized carbons (Fsp3) is 0.400. The summed E-state index contributed by atoms with van der Waals surface area (Å²) in [5, 5.41) is 6.76. The second kappa shape index (κ2) is 5.41. The van der Waals surface area contributed by atoms with Gasteiger partial charge in [0.2, 0.25) is 0 Å². The van der Waals surface area contributed by atoms with Crippen LogP contribution in [0.5, 0.6) is 0 Å². The molecule has 0 aliphatic rings. The monoisotopic (exact) mass is 249 g/mol. The molecule has 0 fully saturated rings. The summed E-state index contributed by atoms with van der Waals surface area (Å²) >= 11 is 0. The van der Waals surface area contributed by atoms with Crippen LogP contribution in [0.15, 0.2) is 18.9 Å². The number of imidazole rings is 1. The molecule has 0 atom stereocenters. The van der Waals surface area contributed by atoms with E-state index in [1.165, 1.54) is 0 Å². The number of rotatable bonds is 5. The van der Waals surface area contributed by atoms with Gasteiger partial charge >= 0.3 is 0 Å². The van der Waals surface area contributed by atoms with Gasteiger partial charge in [0.05, 0.1) is 12.9 Å². The number of hydrogen-bond acceptors (Lipinski definition) is 5. The van der Waals surface area contributed by atoms with Gasteiger partial charge in [0.1, 0.15) is 12.0 Å². The van der Waals surface area contributed by atoms with Crippen LogP contribution in [0.25, 0.3) is 0 Å². The second-order valence-electron chi connectivity index (χ2n) is 3.80. The highest BCUT2D eigenvalue weighted by Crippen LogP contribution is 1.96. The van der Waals surface area contributed by atoms with Crippen LogP contribution in [0, 0.1) is 0 Å². The average molecular weight is 249 g/mol. The number of carbonyl (C=O) groups excluding carboxylic acids is 1. The van der Waals surface area contributed by atoms with Crippen molar-refractivity contribution >= 4 is 5.91 Å². The van der Waals surface area contributed by atoms with Crippen molar-refractivity contribution in [3.8, 4) is 0 Å². The molecule has 0 spiro atoms. The van der Waals surface area contributed by atoms with Gasteiger partial charge in [0, 0.05) is 26.3 Å². The first-order valence-corrected chi connectivity index (χ1v) is 5.53. The Labute approximate surface area is 104 Å². The first kappa shape index (κ1) is 12.2. The van der Waals surface area contributed by atoms with Crippen molar-refractivity contribution in [1.29, 1.82) is 0 Å². The molecule has 8 heteroatoms. The highest BCUT2D eigenvalue weighted by Gasteiger charge is 2.09. The van der Waals surface area contributed by atoms with Crippen LogP contribution in [-0.2, 0) is 20.1 Å². The molecule has 2 aromatic heterocycles. The molecule has 0 radical (unpaired) electrons. The minimum absolute atomic E-state index is 0.252. The maximum Gasteiger partial charge on any atom is 0.271 e. The lowest BCUT2D eigenvalue weighted by Crippen LogP contribution is -2.23. The van der Waals surface area contributed by atoms with Crippen LogP contribution in [-0.4, -0.2) is 36.8 Å². The number of aryl methyl sites for hydroxylation is 1. The molecule has 0 aliphatic carbocycles. The maximum atomic E-state index is 11.8. The highest BCUT2D eigenvalue weighted by molar-refractivity contribution is 5.91. The molecule has 18 heavy (non-hydrogen) atoms. The van der Waals surface area contributed by atoms with E-state index >= 15 is 0 Å². The van der Waals surface area contributed by atoms with Gasteiger partial charge in [-0.05, 0) is 0 Å². The summed E-state index contributed by atoms with van der Waals surface area (Å²) < 4.78 is 3.35. The lowest BCUT2D eigenvalue weighted by atomic mass is 10.4. The Kier molecular flexibility index (Phi) is 3.68. The number of amides is 1. The van der Waals surface area contributed by atoms with Crippen LogP contribution in [0.3, 0.4) is 0 Å². The fourth-order valence-electron chi connectivity index (χ4n) is 1.46. The van der Waals surface area contributed by atoms with E-state index in [-0.39, 0.29) is 12.5 Å². The van der Waals surface area contributed by atoms with E-state index in [0.717, 1.165) is 0 Å². The van der Waals surface area contributed by atoms with Crippen molar-refractivity contribution in [3.63, 3.8) is 0 Å². The minimum Gasteiger partial charge on any atom is -0.343 e. The number of hydrogen-bond donors (Lipinski definition) is 2. The van der Waals surface area contributed by atoms with Gasteiger partial charge in [-0.15, -0.1) is 0 Å². The molecule has 0 saturated heterocycles. The number of nitrogens with zero attached hydrogens (tertiary/aromatic N) is 5. The topological polar surface area (TPSA) is 104 Å². The molecule has 2 aromatic rings. The molecule has 2 rings (SSSR count). The Bertz CT molecular complexity index is 530. The van der Waals surface area contributed by atoms with Crippen molar-refractivity contribution in [2.24, 2.45) is 12.8 Å². The summed E-state index contributed by atoms with van der Waals surface area (Å²) in [5.74, 6) is 0.311. The molecule has 8 nitrogen and oxygen atoms in total. The maximum absolute atomic E-state index is 11.8. The zero-order valence-electron chi connectivity index (χ0n) is 10.1. The SMILES string of the molecule is Cn1cnc(CNC(=O)c2cn(CCN)cn2)n1. The van der Waals surface area contributed by atoms with E-state index < -0.39 is 0 Å². The molecule has 0 unspecified atom stereocenters. The number of aromatic nitrogens is 5. The summed E-state index contributed by atoms with van der Waals surface area (Å²) in [6.45, 7) is 1.43. The first-order valence-electron chi connectivity index (χ1n) is 5.53. The molecular weight excluding hydrogens is 234 g/mol. The Hall–Kier alpha value is -2.22. The van der Waals surface area contributed by atoms with Crippen LogP contribution in [0.1, 0.15) is 16.3 Å². The molecule has 0 saturated carbocycles. The molecule has 0 aliphatic heterocycles. The van der Waals surface area contributed by atoms with Gasteiger partial charge in [-0.1, -0.05) is 0 Å². The Morgan fingerprint density at radius 3 is 2.94 bits per heavy atom. The van der Waals surface area contributed by atoms with Crippen LogP contribution < -0.4 is 11.1 Å². The molecule has 3 N–H and O–H groups in total. The van der Waals surface area contributed by atoms with Crippen molar-refractivity contribution < 1.29 is 4.79 Å². The summed E-state index contributed by atoms with van der Waals surface area (Å²) in [6.07, 6.45) is 4.83. The fourth-order valence-corrected chi connectivity index (χ4v) is 1.46. The average Bonchev–Trinajstić information content (AvgIpc) is 2.96. The van der Waals surface area contributed by atoms with Crippen molar-refractivity contribution in [3.05, 3.63) is 30.4 Å². The molecule has 96 valence electrons. The van der Waals surface area contributed by atoms with Gasteiger partial charge in [-0.2, -0.15) is 5.10 Å². The minimum atomic E-state index is -0.252. The summed E-state index contributed by atoms with van der Waals surface area (Å²) in [5.41, 5.74) is 5.78.